The van der Waals surface area contributed by atoms with Gasteiger partial charge in [-0.2, -0.15) is 0 Å². The summed E-state index contributed by atoms with van der Waals surface area (Å²) in [5, 5.41) is 12.5. The van der Waals surface area contributed by atoms with Gasteiger partial charge in [-0.3, -0.25) is 4.79 Å². The molecule has 5 nitrogen and oxygen atoms in total. The van der Waals surface area contributed by atoms with Crippen LogP contribution in [0.25, 0.3) is 0 Å². The van der Waals surface area contributed by atoms with Gasteiger partial charge in [0.25, 0.3) is 0 Å². The maximum absolute atomic E-state index is 12.8. The monoisotopic (exact) mass is 286 g/mol. The third-order valence-electron chi connectivity index (χ3n) is 4.01. The molecule has 2 rings (SSSR count). The predicted molar refractivity (Wildman–Crippen MR) is 74.9 cm³/mol. The summed E-state index contributed by atoms with van der Waals surface area (Å²) in [6, 6.07) is -0.678. The van der Waals surface area contributed by atoms with Crippen LogP contribution in [0.3, 0.4) is 0 Å². The summed E-state index contributed by atoms with van der Waals surface area (Å²) in [6.07, 6.45) is 0.782. The van der Waals surface area contributed by atoms with Crippen molar-refractivity contribution in [2.24, 2.45) is 11.3 Å². The quantitative estimate of drug-likeness (QED) is 0.810. The van der Waals surface area contributed by atoms with Crippen LogP contribution in [0.4, 0.5) is 0 Å². The highest BCUT2D eigenvalue weighted by Gasteiger charge is 2.49. The summed E-state index contributed by atoms with van der Waals surface area (Å²) in [5.41, 5.74) is -0.453. The summed E-state index contributed by atoms with van der Waals surface area (Å²) < 4.78 is 0. The summed E-state index contributed by atoms with van der Waals surface area (Å²) in [7, 11) is 0. The lowest BCUT2D eigenvalue weighted by Crippen LogP contribution is -2.53. The Bertz CT molecular complexity index is 380. The Kier molecular flexibility index (Phi) is 4.11. The number of hydrogen-bond acceptors (Lipinski definition) is 4. The van der Waals surface area contributed by atoms with E-state index in [9.17, 15) is 14.7 Å². The predicted octanol–water partition coefficient (Wildman–Crippen LogP) is 0.997. The van der Waals surface area contributed by atoms with Crippen molar-refractivity contribution in [3.63, 3.8) is 0 Å². The lowest BCUT2D eigenvalue weighted by molar-refractivity contribution is -0.154. The molecular formula is C13H22N2O3S. The first-order valence-corrected chi connectivity index (χ1v) is 7.79. The highest BCUT2D eigenvalue weighted by molar-refractivity contribution is 8.00. The van der Waals surface area contributed by atoms with E-state index in [0.717, 1.165) is 13.0 Å². The van der Waals surface area contributed by atoms with E-state index in [2.05, 4.69) is 5.32 Å². The molecule has 3 atom stereocenters. The molecule has 0 saturated carbocycles. The smallest absolute Gasteiger partial charge is 0.327 e. The summed E-state index contributed by atoms with van der Waals surface area (Å²) in [6.45, 7) is 7.49. The van der Waals surface area contributed by atoms with E-state index in [1.807, 2.05) is 20.8 Å². The maximum atomic E-state index is 12.8. The Labute approximate surface area is 118 Å². The number of amides is 1. The zero-order valence-corrected chi connectivity index (χ0v) is 12.5. The first-order valence-electron chi connectivity index (χ1n) is 6.75. The van der Waals surface area contributed by atoms with E-state index in [1.165, 1.54) is 0 Å². The van der Waals surface area contributed by atoms with Gasteiger partial charge >= 0.3 is 5.97 Å². The third-order valence-corrected chi connectivity index (χ3v) is 5.63. The number of carbonyl (C=O) groups is 2. The van der Waals surface area contributed by atoms with Crippen molar-refractivity contribution in [3.05, 3.63) is 0 Å². The molecule has 2 aliphatic heterocycles. The van der Waals surface area contributed by atoms with Crippen LogP contribution in [0.5, 0.6) is 0 Å². The molecule has 2 saturated heterocycles. The SMILES string of the molecule is CC(C)C1SCC(C(=O)O)N1C(=O)C1(C)CCNC1. The van der Waals surface area contributed by atoms with Gasteiger partial charge < -0.3 is 15.3 Å². The van der Waals surface area contributed by atoms with Crippen molar-refractivity contribution in [3.8, 4) is 0 Å². The highest BCUT2D eigenvalue weighted by atomic mass is 32.2. The van der Waals surface area contributed by atoms with Gasteiger partial charge in [0.1, 0.15) is 6.04 Å². The zero-order chi connectivity index (χ0) is 14.2. The van der Waals surface area contributed by atoms with Crippen LogP contribution < -0.4 is 5.32 Å². The second-order valence-corrected chi connectivity index (χ2v) is 7.17. The molecule has 2 aliphatic rings. The lowest BCUT2D eigenvalue weighted by atomic mass is 9.87. The van der Waals surface area contributed by atoms with Gasteiger partial charge in [0.15, 0.2) is 0 Å². The Balaban J connectivity index is 2.25. The molecule has 0 aliphatic carbocycles. The number of carboxylic acid groups (broad SMARTS) is 1. The topological polar surface area (TPSA) is 69.6 Å². The minimum absolute atomic E-state index is 0.00593. The third kappa shape index (κ3) is 2.60. The average molecular weight is 286 g/mol. The molecule has 2 heterocycles. The summed E-state index contributed by atoms with van der Waals surface area (Å²) >= 11 is 1.58. The van der Waals surface area contributed by atoms with Crippen molar-refractivity contribution in [1.82, 2.24) is 10.2 Å². The molecule has 2 fully saturated rings. The summed E-state index contributed by atoms with van der Waals surface area (Å²) in [5.74, 6) is -0.142. The number of carbonyl (C=O) groups excluding carboxylic acids is 1. The van der Waals surface area contributed by atoms with Gasteiger partial charge in [0, 0.05) is 12.3 Å². The molecule has 2 N–H and O–H groups in total. The van der Waals surface area contributed by atoms with Crippen molar-refractivity contribution in [2.45, 2.75) is 38.6 Å². The number of aliphatic carboxylic acids is 1. The molecule has 19 heavy (non-hydrogen) atoms. The maximum Gasteiger partial charge on any atom is 0.327 e. The average Bonchev–Trinajstić information content (AvgIpc) is 2.94. The zero-order valence-electron chi connectivity index (χ0n) is 11.7. The number of rotatable bonds is 3. The number of carboxylic acids is 1. The van der Waals surface area contributed by atoms with Crippen LogP contribution in [-0.4, -0.2) is 52.1 Å². The molecular weight excluding hydrogens is 264 g/mol. The minimum Gasteiger partial charge on any atom is -0.480 e. The molecule has 0 bridgehead atoms. The fourth-order valence-electron chi connectivity index (χ4n) is 2.80. The minimum atomic E-state index is -0.890. The number of nitrogens with one attached hydrogen (secondary N) is 1. The molecule has 0 radical (unpaired) electrons. The number of nitrogens with zero attached hydrogens (tertiary/aromatic N) is 1. The largest absolute Gasteiger partial charge is 0.480 e. The van der Waals surface area contributed by atoms with Gasteiger partial charge in [0.2, 0.25) is 5.91 Å². The van der Waals surface area contributed by atoms with E-state index in [-0.39, 0.29) is 17.2 Å². The highest BCUT2D eigenvalue weighted by Crippen LogP contribution is 2.38. The Morgan fingerprint density at radius 2 is 2.16 bits per heavy atom. The number of thioether (sulfide) groups is 1. The summed E-state index contributed by atoms with van der Waals surface area (Å²) in [4.78, 5) is 25.8. The first kappa shape index (κ1) is 14.7. The van der Waals surface area contributed by atoms with Crippen LogP contribution in [0, 0.1) is 11.3 Å². The van der Waals surface area contributed by atoms with Crippen LogP contribution in [0.2, 0.25) is 0 Å². The van der Waals surface area contributed by atoms with Crippen LogP contribution in [0.1, 0.15) is 27.2 Å². The van der Waals surface area contributed by atoms with Crippen LogP contribution in [-0.2, 0) is 9.59 Å². The van der Waals surface area contributed by atoms with Crippen molar-refractivity contribution >= 4 is 23.6 Å². The number of hydrogen-bond donors (Lipinski definition) is 2. The van der Waals surface area contributed by atoms with Crippen molar-refractivity contribution in [1.29, 1.82) is 0 Å². The standard InChI is InChI=1S/C13H22N2O3S/c1-8(2)10-15(9(6-19-10)11(16)17)12(18)13(3)4-5-14-7-13/h8-10,14H,4-7H2,1-3H3,(H,16,17). The lowest BCUT2D eigenvalue weighted by Gasteiger charge is -2.35. The van der Waals surface area contributed by atoms with Crippen LogP contribution in [0.15, 0.2) is 0 Å². The Morgan fingerprint density at radius 3 is 2.63 bits per heavy atom. The van der Waals surface area contributed by atoms with Gasteiger partial charge in [-0.05, 0) is 25.8 Å². The second-order valence-electron chi connectivity index (χ2n) is 6.02. The Morgan fingerprint density at radius 1 is 1.47 bits per heavy atom. The van der Waals surface area contributed by atoms with E-state index in [0.29, 0.717) is 12.3 Å². The fourth-order valence-corrected chi connectivity index (χ4v) is 4.27. The van der Waals surface area contributed by atoms with E-state index in [4.69, 9.17) is 0 Å². The van der Waals surface area contributed by atoms with Gasteiger partial charge in [0.05, 0.1) is 10.8 Å². The van der Waals surface area contributed by atoms with Crippen molar-refractivity contribution in [2.75, 3.05) is 18.8 Å². The van der Waals surface area contributed by atoms with E-state index >= 15 is 0 Å². The molecule has 0 aromatic rings. The van der Waals surface area contributed by atoms with Gasteiger partial charge in [-0.1, -0.05) is 13.8 Å². The Hall–Kier alpha value is -0.750. The molecule has 3 unspecified atom stereocenters. The molecule has 0 aromatic heterocycles. The van der Waals surface area contributed by atoms with E-state index < -0.39 is 17.4 Å². The first-order chi connectivity index (χ1) is 8.87. The van der Waals surface area contributed by atoms with Gasteiger partial charge in [-0.15, -0.1) is 11.8 Å². The molecule has 6 heteroatoms. The molecule has 1 amide bonds. The molecule has 108 valence electrons. The normalized spacial score (nSPS) is 35.1. The second kappa shape index (κ2) is 5.32. The van der Waals surface area contributed by atoms with Gasteiger partial charge in [-0.25, -0.2) is 4.79 Å². The van der Waals surface area contributed by atoms with E-state index in [1.54, 1.807) is 16.7 Å². The van der Waals surface area contributed by atoms with Crippen LogP contribution >= 0.6 is 11.8 Å². The van der Waals surface area contributed by atoms with Crippen molar-refractivity contribution < 1.29 is 14.7 Å². The fraction of sp³-hybridized carbons (Fsp3) is 0.846. The molecule has 0 spiro atoms. The molecule has 0 aromatic carbocycles.